The molecule has 0 atom stereocenters. The van der Waals surface area contributed by atoms with Gasteiger partial charge in [0.25, 0.3) is 0 Å². The number of urea groups is 1. The van der Waals surface area contributed by atoms with E-state index in [9.17, 15) is 13.2 Å². The Balaban J connectivity index is 1.69. The highest BCUT2D eigenvalue weighted by molar-refractivity contribution is 7.94. The highest BCUT2D eigenvalue weighted by Gasteiger charge is 2.35. The van der Waals surface area contributed by atoms with Gasteiger partial charge in [-0.3, -0.25) is 8.61 Å². The highest BCUT2D eigenvalue weighted by atomic mass is 32.2. The molecule has 0 saturated carbocycles. The first-order chi connectivity index (χ1) is 11.4. The van der Waals surface area contributed by atoms with E-state index in [-0.39, 0.29) is 6.03 Å². The van der Waals surface area contributed by atoms with Crippen molar-refractivity contribution in [3.63, 3.8) is 0 Å². The van der Waals surface area contributed by atoms with Crippen molar-refractivity contribution in [2.45, 2.75) is 6.54 Å². The number of hydrogen-bond acceptors (Lipinski definition) is 3. The molecule has 3 rings (SSSR count). The molecule has 1 aliphatic rings. The zero-order valence-electron chi connectivity index (χ0n) is 13.4. The molecule has 0 radical (unpaired) electrons. The number of rotatable bonds is 3. The molecule has 0 unspecified atom stereocenters. The Morgan fingerprint density at radius 3 is 2.38 bits per heavy atom. The Morgan fingerprint density at radius 2 is 1.67 bits per heavy atom. The van der Waals surface area contributed by atoms with E-state index in [1.807, 2.05) is 30.3 Å². The van der Waals surface area contributed by atoms with Crippen LogP contribution in [0.25, 0.3) is 0 Å². The van der Waals surface area contributed by atoms with Crippen LogP contribution in [0.5, 0.6) is 0 Å². The number of benzene rings is 2. The number of nitrogens with one attached hydrogen (secondary N) is 2. The lowest BCUT2D eigenvalue weighted by Crippen LogP contribution is -2.32. The minimum absolute atomic E-state index is 0.351. The second kappa shape index (κ2) is 6.04. The summed E-state index contributed by atoms with van der Waals surface area (Å²) in [5, 5.41) is 5.47. The first-order valence-electron chi connectivity index (χ1n) is 7.35. The van der Waals surface area contributed by atoms with Crippen LogP contribution in [0.2, 0.25) is 0 Å². The number of amides is 2. The monoisotopic (exact) mass is 346 g/mol. The van der Waals surface area contributed by atoms with Crippen molar-refractivity contribution >= 4 is 33.3 Å². The largest absolute Gasteiger partial charge is 0.334 e. The number of fused-ring (bicyclic) bond motifs is 1. The molecule has 0 fully saturated rings. The molecule has 7 nitrogen and oxygen atoms in total. The molecule has 2 aromatic rings. The summed E-state index contributed by atoms with van der Waals surface area (Å²) < 4.78 is 26.6. The third-order valence-electron chi connectivity index (χ3n) is 3.90. The molecule has 1 heterocycles. The van der Waals surface area contributed by atoms with Crippen LogP contribution in [0.3, 0.4) is 0 Å². The van der Waals surface area contributed by atoms with Gasteiger partial charge in [0.15, 0.2) is 0 Å². The minimum Gasteiger partial charge on any atom is -0.334 e. The summed E-state index contributed by atoms with van der Waals surface area (Å²) in [4.78, 5) is 12.0. The summed E-state index contributed by atoms with van der Waals surface area (Å²) in [6.07, 6.45) is 0. The zero-order valence-corrected chi connectivity index (χ0v) is 14.2. The van der Waals surface area contributed by atoms with Crippen molar-refractivity contribution in [3.05, 3.63) is 54.1 Å². The second-order valence-electron chi connectivity index (χ2n) is 5.44. The van der Waals surface area contributed by atoms with Gasteiger partial charge in [-0.1, -0.05) is 30.3 Å². The highest BCUT2D eigenvalue weighted by Crippen LogP contribution is 2.40. The maximum absolute atomic E-state index is 12.1. The van der Waals surface area contributed by atoms with E-state index in [0.717, 1.165) is 5.56 Å². The van der Waals surface area contributed by atoms with E-state index in [1.54, 1.807) is 18.2 Å². The zero-order chi connectivity index (χ0) is 17.3. The van der Waals surface area contributed by atoms with Gasteiger partial charge in [0, 0.05) is 26.3 Å². The predicted octanol–water partition coefficient (Wildman–Crippen LogP) is 2.14. The molecule has 0 aromatic heterocycles. The standard InChI is InChI=1S/C16H18N4O3S/c1-19-14-9-8-13(10-15(14)20(2)24(19,22)23)18-16(21)17-11-12-6-4-3-5-7-12/h3-10H,11H2,1-2H3,(H2,17,18,21). The molecule has 126 valence electrons. The van der Waals surface area contributed by atoms with Crippen LogP contribution in [0.4, 0.5) is 21.9 Å². The van der Waals surface area contributed by atoms with Gasteiger partial charge in [0.2, 0.25) is 0 Å². The summed E-state index contributed by atoms with van der Waals surface area (Å²) >= 11 is 0. The third-order valence-corrected chi connectivity index (χ3v) is 5.68. The normalized spacial score (nSPS) is 15.1. The number of anilines is 3. The van der Waals surface area contributed by atoms with Gasteiger partial charge in [-0.25, -0.2) is 4.79 Å². The predicted molar refractivity (Wildman–Crippen MR) is 94.5 cm³/mol. The average Bonchev–Trinajstić information content (AvgIpc) is 2.75. The van der Waals surface area contributed by atoms with Crippen LogP contribution < -0.4 is 19.2 Å². The van der Waals surface area contributed by atoms with Crippen LogP contribution in [0.1, 0.15) is 5.56 Å². The Labute approximate surface area is 141 Å². The van der Waals surface area contributed by atoms with Gasteiger partial charge in [-0.15, -0.1) is 0 Å². The van der Waals surface area contributed by atoms with Crippen molar-refractivity contribution in [2.24, 2.45) is 0 Å². The molecular weight excluding hydrogens is 328 g/mol. The number of carbonyl (C=O) groups excluding carboxylic acids is 1. The summed E-state index contributed by atoms with van der Waals surface area (Å²) in [6.45, 7) is 0.411. The van der Waals surface area contributed by atoms with Gasteiger partial charge in [0.1, 0.15) is 0 Å². The topological polar surface area (TPSA) is 81.8 Å². The SMILES string of the molecule is CN1c2ccc(NC(=O)NCc3ccccc3)cc2N(C)S1(=O)=O. The van der Waals surface area contributed by atoms with E-state index in [2.05, 4.69) is 10.6 Å². The summed E-state index contributed by atoms with van der Waals surface area (Å²) in [7, 11) is -0.536. The van der Waals surface area contributed by atoms with E-state index in [1.165, 1.54) is 22.7 Å². The minimum atomic E-state index is -3.52. The third kappa shape index (κ3) is 2.88. The van der Waals surface area contributed by atoms with Crippen molar-refractivity contribution in [2.75, 3.05) is 28.0 Å². The number of nitrogens with zero attached hydrogens (tertiary/aromatic N) is 2. The van der Waals surface area contributed by atoms with Crippen molar-refractivity contribution in [3.8, 4) is 0 Å². The fourth-order valence-corrected chi connectivity index (χ4v) is 3.67. The van der Waals surface area contributed by atoms with E-state index >= 15 is 0 Å². The Hall–Kier alpha value is -2.74. The van der Waals surface area contributed by atoms with Crippen molar-refractivity contribution < 1.29 is 13.2 Å². The quantitative estimate of drug-likeness (QED) is 0.893. The van der Waals surface area contributed by atoms with E-state index in [0.29, 0.717) is 23.6 Å². The van der Waals surface area contributed by atoms with Gasteiger partial charge in [-0.2, -0.15) is 8.42 Å². The molecule has 24 heavy (non-hydrogen) atoms. The Kier molecular flexibility index (Phi) is 4.06. The van der Waals surface area contributed by atoms with Crippen LogP contribution in [-0.2, 0) is 16.8 Å². The van der Waals surface area contributed by atoms with Crippen LogP contribution in [-0.4, -0.2) is 28.5 Å². The molecule has 0 saturated heterocycles. The molecule has 8 heteroatoms. The van der Waals surface area contributed by atoms with Gasteiger partial charge < -0.3 is 10.6 Å². The van der Waals surface area contributed by atoms with Gasteiger partial charge >= 0.3 is 16.2 Å². The number of hydrogen-bond donors (Lipinski definition) is 2. The molecule has 2 aromatic carbocycles. The van der Waals surface area contributed by atoms with E-state index in [4.69, 9.17) is 0 Å². The smallest absolute Gasteiger partial charge is 0.326 e. The average molecular weight is 346 g/mol. The van der Waals surface area contributed by atoms with Crippen molar-refractivity contribution in [1.82, 2.24) is 5.32 Å². The fourth-order valence-electron chi connectivity index (χ4n) is 2.51. The lowest BCUT2D eigenvalue weighted by molar-refractivity contribution is 0.251. The summed E-state index contributed by atoms with van der Waals surface area (Å²) in [6, 6.07) is 14.2. The van der Waals surface area contributed by atoms with Crippen LogP contribution >= 0.6 is 0 Å². The van der Waals surface area contributed by atoms with Crippen LogP contribution in [0.15, 0.2) is 48.5 Å². The Bertz CT molecular complexity index is 868. The first kappa shape index (κ1) is 16.1. The molecule has 1 aliphatic heterocycles. The lowest BCUT2D eigenvalue weighted by atomic mass is 10.2. The molecule has 2 N–H and O–H groups in total. The van der Waals surface area contributed by atoms with Crippen molar-refractivity contribution in [1.29, 1.82) is 0 Å². The summed E-state index contributed by atoms with van der Waals surface area (Å²) in [5.74, 6) is 0. The maximum Gasteiger partial charge on any atom is 0.326 e. The molecule has 0 aliphatic carbocycles. The van der Waals surface area contributed by atoms with Crippen LogP contribution in [0, 0.1) is 0 Å². The summed E-state index contributed by atoms with van der Waals surface area (Å²) in [5.41, 5.74) is 2.62. The maximum atomic E-state index is 12.1. The second-order valence-corrected chi connectivity index (χ2v) is 7.43. The Morgan fingerprint density at radius 1 is 1.00 bits per heavy atom. The lowest BCUT2D eigenvalue weighted by Gasteiger charge is -2.13. The molecule has 0 bridgehead atoms. The fraction of sp³-hybridized carbons (Fsp3) is 0.188. The number of carbonyl (C=O) groups is 1. The van der Waals surface area contributed by atoms with Gasteiger partial charge in [-0.05, 0) is 23.8 Å². The molecule has 0 spiro atoms. The van der Waals surface area contributed by atoms with E-state index < -0.39 is 10.2 Å². The molecule has 2 amide bonds. The molecular formula is C16H18N4O3S. The first-order valence-corrected chi connectivity index (χ1v) is 8.75. The van der Waals surface area contributed by atoms with Gasteiger partial charge in [0.05, 0.1) is 11.4 Å².